The summed E-state index contributed by atoms with van der Waals surface area (Å²) in [6.45, 7) is 1.51. The van der Waals surface area contributed by atoms with Crippen LogP contribution in [0.2, 0.25) is 0 Å². The molecule has 2 aromatic heterocycles. The van der Waals surface area contributed by atoms with Gasteiger partial charge in [0.1, 0.15) is 17.3 Å². The molecule has 0 atom stereocenters. The minimum atomic E-state index is -0.590. The number of piperidine rings is 1. The molecule has 1 aliphatic rings. The summed E-state index contributed by atoms with van der Waals surface area (Å²) in [6.07, 6.45) is 1.62. The van der Waals surface area contributed by atoms with Crippen LogP contribution >= 0.6 is 34.2 Å². The molecular formula is C17H15F2IN6OS. The highest BCUT2D eigenvalue weighted by Gasteiger charge is 2.22. The number of hydrogen-bond donors (Lipinski definition) is 1. The van der Waals surface area contributed by atoms with E-state index >= 15 is 0 Å². The van der Waals surface area contributed by atoms with E-state index in [-0.39, 0.29) is 11.6 Å². The maximum atomic E-state index is 13.3. The van der Waals surface area contributed by atoms with Gasteiger partial charge in [-0.3, -0.25) is 4.79 Å². The zero-order chi connectivity index (χ0) is 19.7. The van der Waals surface area contributed by atoms with Crippen LogP contribution in [-0.4, -0.2) is 37.3 Å². The second kappa shape index (κ2) is 8.07. The fourth-order valence-electron chi connectivity index (χ4n) is 3.04. The molecule has 146 valence electrons. The second-order valence-corrected chi connectivity index (χ2v) is 8.24. The molecule has 0 saturated carbocycles. The Bertz CT molecular complexity index is 1030. The van der Waals surface area contributed by atoms with Crippen LogP contribution in [0, 0.1) is 11.6 Å². The molecule has 1 fully saturated rings. The van der Waals surface area contributed by atoms with Crippen molar-refractivity contribution in [2.75, 3.05) is 23.3 Å². The number of aromatic nitrogens is 4. The molecule has 0 bridgehead atoms. The Balaban J connectivity index is 1.39. The molecule has 0 amide bonds. The Morgan fingerprint density at radius 1 is 1.11 bits per heavy atom. The summed E-state index contributed by atoms with van der Waals surface area (Å²) in [5, 5.41) is 17.2. The van der Waals surface area contributed by atoms with Crippen molar-refractivity contribution in [3.8, 4) is 10.7 Å². The third kappa shape index (κ3) is 4.29. The van der Waals surface area contributed by atoms with Gasteiger partial charge >= 0.3 is 0 Å². The number of rotatable bonds is 4. The van der Waals surface area contributed by atoms with Gasteiger partial charge in [-0.2, -0.15) is 7.99 Å². The fraction of sp³-hybridized carbons (Fsp3) is 0.294. The lowest BCUT2D eigenvalue weighted by atomic mass is 10.1. The molecule has 0 spiro atoms. The summed E-state index contributed by atoms with van der Waals surface area (Å²) in [4.78, 5) is 13.6. The first kappa shape index (κ1) is 19.2. The summed E-state index contributed by atoms with van der Waals surface area (Å²) in [6, 6.07) is 6.67. The van der Waals surface area contributed by atoms with Gasteiger partial charge < -0.3 is 10.2 Å². The summed E-state index contributed by atoms with van der Waals surface area (Å²) in [7, 11) is 0. The van der Waals surface area contributed by atoms with Crippen molar-refractivity contribution in [3.63, 3.8) is 0 Å². The predicted octanol–water partition coefficient (Wildman–Crippen LogP) is 3.32. The standard InChI is InChI=1S/C17H15F2IN6OS/c18-10-7-11(19)9-13(8-10)21-12-3-5-25(6-4-12)17-23-22-16(28-17)14-1-2-15(27)26(20)24-14/h1-2,7-9,12,21H,3-6H2. The predicted molar refractivity (Wildman–Crippen MR) is 112 cm³/mol. The Morgan fingerprint density at radius 2 is 1.82 bits per heavy atom. The van der Waals surface area contributed by atoms with E-state index in [1.54, 1.807) is 6.07 Å². The van der Waals surface area contributed by atoms with E-state index in [0.717, 1.165) is 37.1 Å². The van der Waals surface area contributed by atoms with Gasteiger partial charge in [0.15, 0.2) is 5.01 Å². The normalized spacial score (nSPS) is 15.0. The van der Waals surface area contributed by atoms with E-state index in [1.165, 1.54) is 32.4 Å². The fourth-order valence-corrected chi connectivity index (χ4v) is 4.29. The maximum absolute atomic E-state index is 13.3. The molecule has 3 heterocycles. The minimum absolute atomic E-state index is 0.133. The van der Waals surface area contributed by atoms with Crippen LogP contribution in [0.3, 0.4) is 0 Å². The highest BCUT2D eigenvalue weighted by molar-refractivity contribution is 14.1. The van der Waals surface area contributed by atoms with Gasteiger partial charge in [-0.1, -0.05) is 11.3 Å². The van der Waals surface area contributed by atoms with E-state index in [4.69, 9.17) is 0 Å². The first-order chi connectivity index (χ1) is 13.5. The average Bonchev–Trinajstić information content (AvgIpc) is 3.14. The van der Waals surface area contributed by atoms with E-state index < -0.39 is 11.6 Å². The lowest BCUT2D eigenvalue weighted by Gasteiger charge is -2.32. The van der Waals surface area contributed by atoms with Gasteiger partial charge in [-0.05, 0) is 31.0 Å². The zero-order valence-electron chi connectivity index (χ0n) is 14.5. The van der Waals surface area contributed by atoms with Gasteiger partial charge in [0.05, 0.1) is 22.9 Å². The Hall–Kier alpha value is -2.15. The van der Waals surface area contributed by atoms with E-state index in [9.17, 15) is 13.6 Å². The largest absolute Gasteiger partial charge is 0.382 e. The van der Waals surface area contributed by atoms with Crippen molar-refractivity contribution >= 4 is 45.0 Å². The summed E-state index contributed by atoms with van der Waals surface area (Å²) >= 11 is 3.25. The van der Waals surface area contributed by atoms with Crippen molar-refractivity contribution < 1.29 is 8.78 Å². The van der Waals surface area contributed by atoms with Crippen LogP contribution in [0.5, 0.6) is 0 Å². The molecule has 4 rings (SSSR count). The van der Waals surface area contributed by atoms with Crippen LogP contribution in [0.15, 0.2) is 35.1 Å². The minimum Gasteiger partial charge on any atom is -0.382 e. The monoisotopic (exact) mass is 516 g/mol. The third-order valence-corrected chi connectivity index (χ3v) is 6.09. The number of halogens is 3. The summed E-state index contributed by atoms with van der Waals surface area (Å²) < 4.78 is 27.9. The van der Waals surface area contributed by atoms with Crippen LogP contribution in [0.4, 0.5) is 19.6 Å². The van der Waals surface area contributed by atoms with Gasteiger partial charge in [0, 0.05) is 37.0 Å². The molecule has 0 aliphatic carbocycles. The lowest BCUT2D eigenvalue weighted by molar-refractivity contribution is 0.523. The molecule has 3 aromatic rings. The summed E-state index contributed by atoms with van der Waals surface area (Å²) in [5.41, 5.74) is 0.860. The van der Waals surface area contributed by atoms with Crippen LogP contribution < -0.4 is 15.8 Å². The third-order valence-electron chi connectivity index (χ3n) is 4.39. The van der Waals surface area contributed by atoms with Crippen molar-refractivity contribution in [1.82, 2.24) is 18.2 Å². The quantitative estimate of drug-likeness (QED) is 0.537. The van der Waals surface area contributed by atoms with Gasteiger partial charge in [-0.25, -0.2) is 8.78 Å². The smallest absolute Gasteiger partial charge is 0.276 e. The van der Waals surface area contributed by atoms with Crippen LogP contribution in [-0.2, 0) is 0 Å². The molecule has 7 nitrogen and oxygen atoms in total. The first-order valence-corrected chi connectivity index (χ1v) is 10.3. The Labute approximate surface area is 176 Å². The van der Waals surface area contributed by atoms with E-state index in [2.05, 4.69) is 25.5 Å². The molecule has 1 aromatic carbocycles. The van der Waals surface area contributed by atoms with Crippen molar-refractivity contribution in [2.24, 2.45) is 0 Å². The SMILES string of the molecule is O=c1ccc(-c2nnc(N3CCC(Nc4cc(F)cc(F)c4)CC3)s2)nn1I. The molecule has 0 unspecified atom stereocenters. The topological polar surface area (TPSA) is 75.9 Å². The second-order valence-electron chi connectivity index (χ2n) is 6.37. The first-order valence-electron chi connectivity index (χ1n) is 8.56. The highest BCUT2D eigenvalue weighted by Crippen LogP contribution is 2.29. The van der Waals surface area contributed by atoms with E-state index in [1.807, 2.05) is 22.9 Å². The molecule has 1 N–H and O–H groups in total. The highest BCUT2D eigenvalue weighted by atomic mass is 127. The molecule has 0 radical (unpaired) electrons. The molecular weight excluding hydrogens is 501 g/mol. The average molecular weight is 516 g/mol. The summed E-state index contributed by atoms with van der Waals surface area (Å²) in [5.74, 6) is -1.18. The number of nitrogens with zero attached hydrogens (tertiary/aromatic N) is 5. The van der Waals surface area contributed by atoms with Gasteiger partial charge in [0.25, 0.3) is 5.56 Å². The number of benzene rings is 1. The molecule has 11 heteroatoms. The van der Waals surface area contributed by atoms with E-state index in [0.29, 0.717) is 16.4 Å². The van der Waals surface area contributed by atoms with Crippen LogP contribution in [0.1, 0.15) is 12.8 Å². The van der Waals surface area contributed by atoms with Gasteiger partial charge in [-0.15, -0.1) is 10.2 Å². The van der Waals surface area contributed by atoms with Crippen LogP contribution in [0.25, 0.3) is 10.7 Å². The number of anilines is 2. The van der Waals surface area contributed by atoms with Crippen molar-refractivity contribution in [2.45, 2.75) is 18.9 Å². The number of nitrogens with one attached hydrogen (secondary N) is 1. The molecule has 1 saturated heterocycles. The van der Waals surface area contributed by atoms with Crippen molar-refractivity contribution in [1.29, 1.82) is 0 Å². The Morgan fingerprint density at radius 3 is 2.50 bits per heavy atom. The number of hydrogen-bond acceptors (Lipinski definition) is 7. The lowest BCUT2D eigenvalue weighted by Crippen LogP contribution is -2.39. The molecule has 1 aliphatic heterocycles. The van der Waals surface area contributed by atoms with Gasteiger partial charge in [0.2, 0.25) is 5.13 Å². The molecule has 28 heavy (non-hydrogen) atoms. The van der Waals surface area contributed by atoms with Crippen molar-refractivity contribution in [3.05, 3.63) is 52.3 Å². The Kier molecular flexibility index (Phi) is 5.53. The maximum Gasteiger partial charge on any atom is 0.276 e. The zero-order valence-corrected chi connectivity index (χ0v) is 17.5.